The molecule has 0 aliphatic carbocycles. The van der Waals surface area contributed by atoms with Gasteiger partial charge in [-0.3, -0.25) is 4.79 Å². The van der Waals surface area contributed by atoms with Gasteiger partial charge in [0.25, 0.3) is 11.6 Å². The number of fused-ring (bicyclic) bond motifs is 1. The number of nitrogens with zero attached hydrogens (tertiary/aromatic N) is 3. The van der Waals surface area contributed by atoms with Crippen LogP contribution in [0.4, 0.5) is 4.39 Å². The molecule has 0 atom stereocenters. The molecule has 3 rings (SSSR count). The first-order valence-corrected chi connectivity index (χ1v) is 7.18. The zero-order valence-corrected chi connectivity index (χ0v) is 12.6. The van der Waals surface area contributed by atoms with E-state index in [2.05, 4.69) is 20.7 Å². The van der Waals surface area contributed by atoms with Gasteiger partial charge in [0.2, 0.25) is 0 Å². The van der Waals surface area contributed by atoms with E-state index in [4.69, 9.17) is 4.52 Å². The van der Waals surface area contributed by atoms with Gasteiger partial charge in [-0.2, -0.15) is 9.49 Å². The lowest BCUT2D eigenvalue weighted by atomic mass is 10.1. The maximum Gasteiger partial charge on any atom is 0.272 e. The summed E-state index contributed by atoms with van der Waals surface area (Å²) in [6.07, 6.45) is 1.39. The Morgan fingerprint density at radius 3 is 3.00 bits per heavy atom. The van der Waals surface area contributed by atoms with Gasteiger partial charge in [-0.05, 0) is 32.0 Å². The third-order valence-corrected chi connectivity index (χ3v) is 3.75. The predicted molar refractivity (Wildman–Crippen MR) is 80.6 cm³/mol. The molecule has 0 bridgehead atoms. The smallest absolute Gasteiger partial charge is 0.272 e. The zero-order chi connectivity index (χ0) is 15.7. The van der Waals surface area contributed by atoms with E-state index < -0.39 is 5.91 Å². The Morgan fingerprint density at radius 2 is 2.27 bits per heavy atom. The minimum atomic E-state index is -0.407. The van der Waals surface area contributed by atoms with Crippen molar-refractivity contribution < 1.29 is 13.7 Å². The zero-order valence-electron chi connectivity index (χ0n) is 11.8. The molecule has 112 valence electrons. The van der Waals surface area contributed by atoms with Crippen molar-refractivity contribution >= 4 is 34.6 Å². The van der Waals surface area contributed by atoms with Crippen LogP contribution in [-0.2, 0) is 0 Å². The second-order valence-electron chi connectivity index (χ2n) is 4.60. The molecule has 3 heterocycles. The molecule has 0 saturated heterocycles. The molecule has 0 aliphatic rings. The van der Waals surface area contributed by atoms with E-state index in [0.717, 1.165) is 11.3 Å². The quantitative estimate of drug-likeness (QED) is 0.595. The van der Waals surface area contributed by atoms with Crippen LogP contribution in [0.5, 0.6) is 0 Å². The average Bonchev–Trinajstić information content (AvgIpc) is 3.04. The fraction of sp³-hybridized carbons (Fsp3) is 0.143. The predicted octanol–water partition coefficient (Wildman–Crippen LogP) is 2.80. The van der Waals surface area contributed by atoms with E-state index >= 15 is 0 Å². The number of rotatable bonds is 3. The monoisotopic (exact) mass is 318 g/mol. The Kier molecular flexibility index (Phi) is 3.68. The number of halogens is 1. The molecule has 0 fully saturated rings. The second kappa shape index (κ2) is 5.64. The van der Waals surface area contributed by atoms with Gasteiger partial charge in [0.15, 0.2) is 5.13 Å². The van der Waals surface area contributed by atoms with Crippen molar-refractivity contribution in [3.8, 4) is 0 Å². The van der Waals surface area contributed by atoms with Crippen molar-refractivity contribution in [2.24, 2.45) is 5.10 Å². The fourth-order valence-electron chi connectivity index (χ4n) is 2.01. The van der Waals surface area contributed by atoms with Crippen LogP contribution in [0.1, 0.15) is 26.6 Å². The SMILES string of the molecule is Cc1cc(C(=O)N/N=C\c2ccc(F)s2)c2c(C)noc2n1. The molecule has 1 amide bonds. The van der Waals surface area contributed by atoms with E-state index in [0.29, 0.717) is 32.9 Å². The highest BCUT2D eigenvalue weighted by atomic mass is 32.1. The summed E-state index contributed by atoms with van der Waals surface area (Å²) in [7, 11) is 0. The third-order valence-electron chi connectivity index (χ3n) is 2.94. The summed E-state index contributed by atoms with van der Waals surface area (Å²) >= 11 is 0.942. The fourth-order valence-corrected chi connectivity index (χ4v) is 2.61. The molecule has 8 heteroatoms. The van der Waals surface area contributed by atoms with Crippen molar-refractivity contribution in [1.29, 1.82) is 0 Å². The van der Waals surface area contributed by atoms with Crippen LogP contribution in [0.3, 0.4) is 0 Å². The van der Waals surface area contributed by atoms with Crippen LogP contribution in [0, 0.1) is 19.0 Å². The molecular weight excluding hydrogens is 307 g/mol. The average molecular weight is 318 g/mol. The molecule has 1 N–H and O–H groups in total. The van der Waals surface area contributed by atoms with Gasteiger partial charge in [-0.25, -0.2) is 10.4 Å². The van der Waals surface area contributed by atoms with Gasteiger partial charge in [-0.1, -0.05) is 5.16 Å². The van der Waals surface area contributed by atoms with E-state index in [1.54, 1.807) is 26.0 Å². The number of thiophene rings is 1. The maximum absolute atomic E-state index is 12.9. The van der Waals surface area contributed by atoms with E-state index in [1.165, 1.54) is 12.3 Å². The highest BCUT2D eigenvalue weighted by Gasteiger charge is 2.17. The molecule has 3 aromatic rings. The highest BCUT2D eigenvalue weighted by Crippen LogP contribution is 2.21. The van der Waals surface area contributed by atoms with Gasteiger partial charge in [-0.15, -0.1) is 11.3 Å². The van der Waals surface area contributed by atoms with Crippen molar-refractivity contribution in [3.63, 3.8) is 0 Å². The number of amides is 1. The Labute approximate surface area is 128 Å². The molecule has 0 unspecified atom stereocenters. The van der Waals surface area contributed by atoms with Crippen molar-refractivity contribution in [2.45, 2.75) is 13.8 Å². The number of hydrazone groups is 1. The number of nitrogens with one attached hydrogen (secondary N) is 1. The molecule has 3 aromatic heterocycles. The maximum atomic E-state index is 12.9. The summed E-state index contributed by atoms with van der Waals surface area (Å²) in [6, 6.07) is 4.56. The summed E-state index contributed by atoms with van der Waals surface area (Å²) in [5.41, 5.74) is 4.33. The van der Waals surface area contributed by atoms with Gasteiger partial charge < -0.3 is 4.52 Å². The number of carbonyl (C=O) groups excluding carboxylic acids is 1. The molecule has 22 heavy (non-hydrogen) atoms. The lowest BCUT2D eigenvalue weighted by molar-refractivity contribution is 0.0956. The van der Waals surface area contributed by atoms with Crippen LogP contribution in [0.15, 0.2) is 27.8 Å². The van der Waals surface area contributed by atoms with Gasteiger partial charge in [0.05, 0.1) is 27.7 Å². The first kappa shape index (κ1) is 14.3. The first-order valence-electron chi connectivity index (χ1n) is 6.37. The van der Waals surface area contributed by atoms with Gasteiger partial charge in [0.1, 0.15) is 0 Å². The van der Waals surface area contributed by atoms with Crippen LogP contribution in [0.25, 0.3) is 11.1 Å². The molecule has 0 aliphatic heterocycles. The summed E-state index contributed by atoms with van der Waals surface area (Å²) in [5.74, 6) is -0.407. The van der Waals surface area contributed by atoms with Gasteiger partial charge >= 0.3 is 0 Å². The Hall–Kier alpha value is -2.61. The van der Waals surface area contributed by atoms with Crippen molar-refractivity contribution in [3.05, 3.63) is 45.2 Å². The van der Waals surface area contributed by atoms with E-state index in [-0.39, 0.29) is 5.13 Å². The standard InChI is InChI=1S/C14H11FN4O2S/c1-7-5-10(12-8(2)19-21-14(12)17-7)13(20)18-16-6-9-3-4-11(15)22-9/h3-6H,1-2H3,(H,18,20)/b16-6-. The van der Waals surface area contributed by atoms with E-state index in [9.17, 15) is 9.18 Å². The minimum Gasteiger partial charge on any atom is -0.336 e. The molecular formula is C14H11FN4O2S. The van der Waals surface area contributed by atoms with Crippen LogP contribution >= 0.6 is 11.3 Å². The molecule has 0 radical (unpaired) electrons. The van der Waals surface area contributed by atoms with Gasteiger partial charge in [0, 0.05) is 5.69 Å². The molecule has 0 spiro atoms. The van der Waals surface area contributed by atoms with Crippen LogP contribution in [-0.4, -0.2) is 22.3 Å². The van der Waals surface area contributed by atoms with Crippen molar-refractivity contribution in [1.82, 2.24) is 15.6 Å². The molecule has 6 nitrogen and oxygen atoms in total. The lowest BCUT2D eigenvalue weighted by Crippen LogP contribution is -2.18. The Morgan fingerprint density at radius 1 is 1.45 bits per heavy atom. The number of aromatic nitrogens is 2. The topological polar surface area (TPSA) is 80.4 Å². The normalized spacial score (nSPS) is 11.4. The molecule has 0 saturated carbocycles. The van der Waals surface area contributed by atoms with Crippen LogP contribution in [0.2, 0.25) is 0 Å². The Balaban J connectivity index is 1.86. The first-order chi connectivity index (χ1) is 10.5. The number of pyridine rings is 1. The summed E-state index contributed by atoms with van der Waals surface area (Å²) in [5, 5.41) is 7.89. The van der Waals surface area contributed by atoms with Crippen LogP contribution < -0.4 is 5.43 Å². The number of aryl methyl sites for hydroxylation is 2. The van der Waals surface area contributed by atoms with E-state index in [1.807, 2.05) is 0 Å². The largest absolute Gasteiger partial charge is 0.336 e. The lowest BCUT2D eigenvalue weighted by Gasteiger charge is -2.02. The summed E-state index contributed by atoms with van der Waals surface area (Å²) in [4.78, 5) is 17.1. The Bertz CT molecular complexity index is 884. The molecule has 0 aromatic carbocycles. The summed E-state index contributed by atoms with van der Waals surface area (Å²) < 4.78 is 17.9. The number of hydrogen-bond acceptors (Lipinski definition) is 6. The number of hydrogen-bond donors (Lipinski definition) is 1. The third kappa shape index (κ3) is 2.73. The van der Waals surface area contributed by atoms with Crippen molar-refractivity contribution in [2.75, 3.05) is 0 Å². The number of carbonyl (C=O) groups is 1. The summed E-state index contributed by atoms with van der Waals surface area (Å²) in [6.45, 7) is 3.49. The minimum absolute atomic E-state index is 0.306. The second-order valence-corrected chi connectivity index (χ2v) is 5.67. The highest BCUT2D eigenvalue weighted by molar-refractivity contribution is 7.12.